The molecule has 3 heteroatoms. The summed E-state index contributed by atoms with van der Waals surface area (Å²) in [4.78, 5) is 4.75. The largest absolute Gasteiger partial charge is 0.295 e. The van der Waals surface area contributed by atoms with E-state index in [1.54, 1.807) is 0 Å². The van der Waals surface area contributed by atoms with E-state index in [9.17, 15) is 0 Å². The number of fused-ring (bicyclic) bond motifs is 1. The Bertz CT molecular complexity index is 815. The highest BCUT2D eigenvalue weighted by Crippen LogP contribution is 2.31. The van der Waals surface area contributed by atoms with Crippen LogP contribution in [0.5, 0.6) is 0 Å². The lowest BCUT2D eigenvalue weighted by molar-refractivity contribution is 0.876. The monoisotopic (exact) mass is 298 g/mol. The molecule has 1 unspecified atom stereocenters. The average molecular weight is 299 g/mol. The van der Waals surface area contributed by atoms with Crippen molar-refractivity contribution in [3.63, 3.8) is 0 Å². The van der Waals surface area contributed by atoms with Crippen LogP contribution >= 0.6 is 11.6 Å². The Morgan fingerprint density at radius 2 is 1.67 bits per heavy atom. The first-order valence-corrected chi connectivity index (χ1v) is 7.63. The van der Waals surface area contributed by atoms with E-state index in [2.05, 4.69) is 49.6 Å². The number of para-hydroxylation sites is 1. The number of halogens is 1. The Balaban J connectivity index is 2.45. The molecule has 3 rings (SSSR count). The van der Waals surface area contributed by atoms with Crippen molar-refractivity contribution in [2.75, 3.05) is 0 Å². The molecule has 2 nitrogen and oxygen atoms in total. The van der Waals surface area contributed by atoms with E-state index >= 15 is 0 Å². The predicted octanol–water partition coefficient (Wildman–Crippen LogP) is 5.25. The van der Waals surface area contributed by atoms with Crippen LogP contribution in [0.2, 0.25) is 0 Å². The molecular weight excluding hydrogens is 280 g/mol. The number of aryl methyl sites for hydroxylation is 2. The number of hydrogen-bond donors (Lipinski definition) is 0. The number of aromatic nitrogens is 2. The minimum absolute atomic E-state index is 0.142. The topological polar surface area (TPSA) is 17.8 Å². The molecular formula is C18H19ClN2. The second-order valence-corrected chi connectivity index (χ2v) is 6.24. The van der Waals surface area contributed by atoms with Gasteiger partial charge in [0, 0.05) is 0 Å². The van der Waals surface area contributed by atoms with Gasteiger partial charge in [-0.1, -0.05) is 24.3 Å². The van der Waals surface area contributed by atoms with E-state index in [0.29, 0.717) is 0 Å². The van der Waals surface area contributed by atoms with Gasteiger partial charge in [-0.05, 0) is 56.5 Å². The van der Waals surface area contributed by atoms with Crippen LogP contribution in [0, 0.1) is 20.8 Å². The van der Waals surface area contributed by atoms with Gasteiger partial charge >= 0.3 is 0 Å². The van der Waals surface area contributed by atoms with Gasteiger partial charge in [0.1, 0.15) is 5.82 Å². The molecule has 0 amide bonds. The lowest BCUT2D eigenvalue weighted by atomic mass is 10.1. The van der Waals surface area contributed by atoms with Crippen molar-refractivity contribution >= 4 is 22.6 Å². The number of rotatable bonds is 2. The zero-order valence-electron chi connectivity index (χ0n) is 12.8. The van der Waals surface area contributed by atoms with E-state index < -0.39 is 0 Å². The summed E-state index contributed by atoms with van der Waals surface area (Å²) in [7, 11) is 0. The third-order valence-electron chi connectivity index (χ3n) is 4.08. The van der Waals surface area contributed by atoms with Gasteiger partial charge in [-0.15, -0.1) is 11.6 Å². The summed E-state index contributed by atoms with van der Waals surface area (Å²) in [5, 5.41) is -0.142. The maximum Gasteiger partial charge on any atom is 0.132 e. The third-order valence-corrected chi connectivity index (χ3v) is 4.27. The first kappa shape index (κ1) is 14.2. The second-order valence-electron chi connectivity index (χ2n) is 5.58. The van der Waals surface area contributed by atoms with Crippen LogP contribution in [0.1, 0.15) is 34.8 Å². The maximum absolute atomic E-state index is 6.39. The van der Waals surface area contributed by atoms with Crippen molar-refractivity contribution in [3.8, 4) is 5.69 Å². The molecule has 3 aromatic rings. The van der Waals surface area contributed by atoms with Crippen molar-refractivity contribution in [2.24, 2.45) is 0 Å². The summed E-state index contributed by atoms with van der Waals surface area (Å²) < 4.78 is 2.21. The lowest BCUT2D eigenvalue weighted by Crippen LogP contribution is -2.05. The highest BCUT2D eigenvalue weighted by molar-refractivity contribution is 6.20. The van der Waals surface area contributed by atoms with Gasteiger partial charge in [-0.3, -0.25) is 4.57 Å². The second kappa shape index (κ2) is 5.19. The molecule has 0 radical (unpaired) electrons. The summed E-state index contributed by atoms with van der Waals surface area (Å²) in [6.07, 6.45) is 0. The van der Waals surface area contributed by atoms with E-state index in [0.717, 1.165) is 22.5 Å². The summed E-state index contributed by atoms with van der Waals surface area (Å²) in [6.45, 7) is 8.38. The summed E-state index contributed by atoms with van der Waals surface area (Å²) in [6, 6.07) is 12.6. The van der Waals surface area contributed by atoms with Gasteiger partial charge in [0.2, 0.25) is 0 Å². The van der Waals surface area contributed by atoms with Gasteiger partial charge in [0.15, 0.2) is 0 Å². The van der Waals surface area contributed by atoms with Gasteiger partial charge in [-0.2, -0.15) is 0 Å². The normalized spacial score (nSPS) is 12.8. The van der Waals surface area contributed by atoms with Crippen molar-refractivity contribution in [2.45, 2.75) is 33.1 Å². The van der Waals surface area contributed by atoms with Crippen molar-refractivity contribution < 1.29 is 0 Å². The number of imidazole rings is 1. The molecule has 0 aliphatic carbocycles. The third kappa shape index (κ3) is 2.24. The van der Waals surface area contributed by atoms with E-state index in [4.69, 9.17) is 16.6 Å². The first-order chi connectivity index (χ1) is 10.0. The molecule has 1 aromatic heterocycles. The van der Waals surface area contributed by atoms with E-state index in [1.165, 1.54) is 16.7 Å². The lowest BCUT2D eigenvalue weighted by Gasteiger charge is -2.15. The van der Waals surface area contributed by atoms with Crippen molar-refractivity contribution in [1.29, 1.82) is 0 Å². The standard InChI is InChI=1S/C18H19ClN2/c1-11-7-6-10-16(13(11)3)21-17-12(2)8-5-9-15(17)20-18(21)14(4)19/h5-10,14H,1-4H3. The van der Waals surface area contributed by atoms with Gasteiger partial charge < -0.3 is 0 Å². The molecule has 108 valence electrons. The zero-order valence-corrected chi connectivity index (χ0v) is 13.6. The molecule has 0 bridgehead atoms. The van der Waals surface area contributed by atoms with Crippen molar-refractivity contribution in [3.05, 3.63) is 58.9 Å². The Hall–Kier alpha value is -1.80. The molecule has 0 aliphatic heterocycles. The molecule has 0 fully saturated rings. The van der Waals surface area contributed by atoms with Gasteiger partial charge in [0.05, 0.1) is 22.1 Å². The van der Waals surface area contributed by atoms with E-state index in [1.807, 2.05) is 19.1 Å². The average Bonchev–Trinajstić information content (AvgIpc) is 2.83. The van der Waals surface area contributed by atoms with Gasteiger partial charge in [-0.25, -0.2) is 4.98 Å². The van der Waals surface area contributed by atoms with Crippen LogP contribution in [0.15, 0.2) is 36.4 Å². The molecule has 1 heterocycles. The highest BCUT2D eigenvalue weighted by Gasteiger charge is 2.18. The van der Waals surface area contributed by atoms with Gasteiger partial charge in [0.25, 0.3) is 0 Å². The zero-order chi connectivity index (χ0) is 15.1. The van der Waals surface area contributed by atoms with E-state index in [-0.39, 0.29) is 5.38 Å². The van der Waals surface area contributed by atoms with Crippen LogP contribution in [0.3, 0.4) is 0 Å². The predicted molar refractivity (Wildman–Crippen MR) is 89.5 cm³/mol. The van der Waals surface area contributed by atoms with Crippen molar-refractivity contribution in [1.82, 2.24) is 9.55 Å². The smallest absolute Gasteiger partial charge is 0.132 e. The molecule has 0 aliphatic rings. The molecule has 21 heavy (non-hydrogen) atoms. The Kier molecular flexibility index (Phi) is 3.50. The fourth-order valence-electron chi connectivity index (χ4n) is 2.80. The Morgan fingerprint density at radius 1 is 1.00 bits per heavy atom. The minimum atomic E-state index is -0.142. The van der Waals surface area contributed by atoms with Crippen LogP contribution in [-0.4, -0.2) is 9.55 Å². The summed E-state index contributed by atoms with van der Waals surface area (Å²) in [5.41, 5.74) is 7.06. The molecule has 0 saturated heterocycles. The number of hydrogen-bond acceptors (Lipinski definition) is 1. The van der Waals surface area contributed by atoms with Crippen LogP contribution < -0.4 is 0 Å². The molecule has 0 spiro atoms. The first-order valence-electron chi connectivity index (χ1n) is 7.19. The molecule has 0 saturated carbocycles. The maximum atomic E-state index is 6.39. The van der Waals surface area contributed by atoms with Crippen LogP contribution in [0.25, 0.3) is 16.7 Å². The molecule has 2 aromatic carbocycles. The Labute approximate surface area is 130 Å². The Morgan fingerprint density at radius 3 is 2.38 bits per heavy atom. The molecule has 1 atom stereocenters. The summed E-state index contributed by atoms with van der Waals surface area (Å²) >= 11 is 6.39. The SMILES string of the molecule is Cc1cccc(-n2c(C(C)Cl)nc3cccc(C)c32)c1C. The number of alkyl halides is 1. The quantitative estimate of drug-likeness (QED) is 0.591. The fourth-order valence-corrected chi connectivity index (χ4v) is 2.95. The number of nitrogens with zero attached hydrogens (tertiary/aromatic N) is 2. The molecule has 0 N–H and O–H groups in total. The number of benzene rings is 2. The summed E-state index contributed by atoms with van der Waals surface area (Å²) in [5.74, 6) is 0.898. The minimum Gasteiger partial charge on any atom is -0.295 e. The highest BCUT2D eigenvalue weighted by atomic mass is 35.5. The van der Waals surface area contributed by atoms with Crippen LogP contribution in [0.4, 0.5) is 0 Å². The fraction of sp³-hybridized carbons (Fsp3) is 0.278. The van der Waals surface area contributed by atoms with Crippen LogP contribution in [-0.2, 0) is 0 Å².